The van der Waals surface area contributed by atoms with E-state index in [1.165, 1.54) is 11.3 Å². The van der Waals surface area contributed by atoms with Gasteiger partial charge in [0.2, 0.25) is 0 Å². The highest BCUT2D eigenvalue weighted by Gasteiger charge is 2.22. The number of aromatic nitrogens is 2. The number of nitriles is 1. The summed E-state index contributed by atoms with van der Waals surface area (Å²) in [5.41, 5.74) is 8.88. The van der Waals surface area contributed by atoms with Crippen LogP contribution in [0.1, 0.15) is 53.2 Å². The number of hydrogen-bond donors (Lipinski definition) is 3. The zero-order chi connectivity index (χ0) is 26.0. The Labute approximate surface area is 217 Å². The fourth-order valence-electron chi connectivity index (χ4n) is 3.65. The van der Waals surface area contributed by atoms with Crippen LogP contribution < -0.4 is 15.8 Å². The van der Waals surface area contributed by atoms with Gasteiger partial charge < -0.3 is 20.9 Å². The van der Waals surface area contributed by atoms with Gasteiger partial charge in [-0.25, -0.2) is 4.98 Å². The zero-order valence-corrected chi connectivity index (χ0v) is 21.7. The van der Waals surface area contributed by atoms with E-state index < -0.39 is 17.6 Å². The number of carbonyl (C=O) groups excluding carboxylic acids is 1. The van der Waals surface area contributed by atoms with Gasteiger partial charge in [0.05, 0.1) is 28.9 Å². The Bertz CT molecular complexity index is 1470. The number of aliphatic hydroxyl groups is 1. The maximum Gasteiger partial charge on any atom is 0.262 e. The molecule has 0 fully saturated rings. The van der Waals surface area contributed by atoms with Gasteiger partial charge in [0.1, 0.15) is 28.4 Å². The molecule has 0 aliphatic rings. The average molecular weight is 524 g/mol. The van der Waals surface area contributed by atoms with Crippen LogP contribution in [0, 0.1) is 11.3 Å². The zero-order valence-electron chi connectivity index (χ0n) is 20.1. The Balaban J connectivity index is 1.60. The van der Waals surface area contributed by atoms with Crippen molar-refractivity contribution in [3.8, 4) is 22.4 Å². The molecular weight excluding hydrogens is 498 g/mol. The van der Waals surface area contributed by atoms with Gasteiger partial charge in [-0.1, -0.05) is 23.7 Å². The molecule has 4 aromatic rings. The van der Waals surface area contributed by atoms with Gasteiger partial charge in [0, 0.05) is 34.9 Å². The van der Waals surface area contributed by atoms with Crippen LogP contribution in [0.5, 0.6) is 5.75 Å². The number of nitrogens with zero attached hydrogens (tertiary/aromatic N) is 3. The second-order valence-electron chi connectivity index (χ2n) is 9.08. The molecule has 1 amide bonds. The first-order chi connectivity index (χ1) is 17.1. The summed E-state index contributed by atoms with van der Waals surface area (Å²) in [4.78, 5) is 17.6. The van der Waals surface area contributed by atoms with Gasteiger partial charge in [-0.3, -0.25) is 9.20 Å². The van der Waals surface area contributed by atoms with Gasteiger partial charge in [-0.15, -0.1) is 11.3 Å². The smallest absolute Gasteiger partial charge is 0.262 e. The Hall–Kier alpha value is -3.42. The Morgan fingerprint density at radius 1 is 1.36 bits per heavy atom. The van der Waals surface area contributed by atoms with Crippen LogP contribution in [0.15, 0.2) is 48.8 Å². The first-order valence-corrected chi connectivity index (χ1v) is 12.4. The molecule has 8 nitrogen and oxygen atoms in total. The predicted molar refractivity (Wildman–Crippen MR) is 140 cm³/mol. The Kier molecular flexibility index (Phi) is 7.33. The number of halogens is 1. The number of rotatable bonds is 9. The highest BCUT2D eigenvalue weighted by molar-refractivity contribution is 7.17. The summed E-state index contributed by atoms with van der Waals surface area (Å²) in [6.45, 7) is 6.25. The minimum Gasteiger partial charge on any atom is -0.484 e. The van der Waals surface area contributed by atoms with Crippen molar-refractivity contribution < 1.29 is 14.6 Å². The highest BCUT2D eigenvalue weighted by atomic mass is 35.5. The SMILES string of the molecule is C[C@@H](Oc1cc(-c2cnc3ccc(C#N)cn23)sc1C(N)=O)c1ccc(CNC(C)(C)CO)cc1Cl. The molecule has 36 heavy (non-hydrogen) atoms. The summed E-state index contributed by atoms with van der Waals surface area (Å²) in [5.74, 6) is -0.244. The quantitative estimate of drug-likeness (QED) is 0.292. The van der Waals surface area contributed by atoms with Crippen molar-refractivity contribution in [1.82, 2.24) is 14.7 Å². The van der Waals surface area contributed by atoms with E-state index in [9.17, 15) is 15.2 Å². The van der Waals surface area contributed by atoms with Crippen LogP contribution >= 0.6 is 22.9 Å². The number of nitrogens with two attached hydrogens (primary N) is 1. The molecular formula is C26H26ClN5O3S. The van der Waals surface area contributed by atoms with Crippen molar-refractivity contribution >= 4 is 34.5 Å². The fourth-order valence-corrected chi connectivity index (χ4v) is 4.96. The minimum absolute atomic E-state index is 0.0170. The molecule has 186 valence electrons. The van der Waals surface area contributed by atoms with Crippen molar-refractivity contribution in [3.63, 3.8) is 0 Å². The second-order valence-corrected chi connectivity index (χ2v) is 10.5. The molecule has 0 aliphatic heterocycles. The molecule has 4 N–H and O–H groups in total. The van der Waals surface area contributed by atoms with E-state index in [1.807, 2.05) is 39.0 Å². The van der Waals surface area contributed by atoms with E-state index in [2.05, 4.69) is 16.4 Å². The Morgan fingerprint density at radius 3 is 2.81 bits per heavy atom. The number of pyridine rings is 1. The van der Waals surface area contributed by atoms with Gasteiger partial charge in [-0.2, -0.15) is 5.26 Å². The van der Waals surface area contributed by atoms with Crippen LogP contribution in [0.3, 0.4) is 0 Å². The molecule has 0 radical (unpaired) electrons. The highest BCUT2D eigenvalue weighted by Crippen LogP contribution is 2.39. The molecule has 0 spiro atoms. The largest absolute Gasteiger partial charge is 0.484 e. The summed E-state index contributed by atoms with van der Waals surface area (Å²) in [7, 11) is 0. The van der Waals surface area contributed by atoms with E-state index in [4.69, 9.17) is 22.1 Å². The van der Waals surface area contributed by atoms with E-state index in [-0.39, 0.29) is 11.5 Å². The molecule has 0 unspecified atom stereocenters. The van der Waals surface area contributed by atoms with Crippen molar-refractivity contribution in [2.45, 2.75) is 39.0 Å². The summed E-state index contributed by atoms with van der Waals surface area (Å²) >= 11 is 7.78. The van der Waals surface area contributed by atoms with Crippen molar-refractivity contribution in [3.05, 3.63) is 75.4 Å². The number of hydrogen-bond acceptors (Lipinski definition) is 7. The maximum atomic E-state index is 12.2. The molecule has 3 heterocycles. The molecule has 0 saturated carbocycles. The van der Waals surface area contributed by atoms with Crippen LogP contribution in [0.4, 0.5) is 0 Å². The number of fused-ring (bicyclic) bond motifs is 1. The maximum absolute atomic E-state index is 12.2. The van der Waals surface area contributed by atoms with Crippen LogP contribution in [-0.4, -0.2) is 32.5 Å². The van der Waals surface area contributed by atoms with E-state index >= 15 is 0 Å². The van der Waals surface area contributed by atoms with Gasteiger partial charge in [0.15, 0.2) is 0 Å². The molecule has 0 bridgehead atoms. The number of carbonyl (C=O) groups is 1. The number of aliphatic hydroxyl groups excluding tert-OH is 1. The van der Waals surface area contributed by atoms with Crippen molar-refractivity contribution in [1.29, 1.82) is 5.26 Å². The molecule has 0 aliphatic carbocycles. The molecule has 0 saturated heterocycles. The number of ether oxygens (including phenoxy) is 1. The average Bonchev–Trinajstić information content (AvgIpc) is 3.46. The number of thiophene rings is 1. The van der Waals surface area contributed by atoms with E-state index in [0.29, 0.717) is 28.5 Å². The first-order valence-electron chi connectivity index (χ1n) is 11.2. The third-order valence-electron chi connectivity index (χ3n) is 5.78. The molecule has 1 aromatic carbocycles. The number of imidazole rings is 1. The third-order valence-corrected chi connectivity index (χ3v) is 7.26. The molecule has 4 rings (SSSR count). The fraction of sp³-hybridized carbons (Fsp3) is 0.269. The molecule has 1 atom stereocenters. The van der Waals surface area contributed by atoms with Crippen LogP contribution in [-0.2, 0) is 6.54 Å². The predicted octanol–water partition coefficient (Wildman–Crippen LogP) is 4.69. The molecule has 3 aromatic heterocycles. The number of primary amides is 1. The van der Waals surface area contributed by atoms with Gasteiger partial charge in [0.25, 0.3) is 5.91 Å². The van der Waals surface area contributed by atoms with Crippen LogP contribution in [0.25, 0.3) is 16.2 Å². The minimum atomic E-state index is -0.598. The second kappa shape index (κ2) is 10.3. The first kappa shape index (κ1) is 25.7. The monoisotopic (exact) mass is 523 g/mol. The normalized spacial score (nSPS) is 12.4. The topological polar surface area (TPSA) is 126 Å². The van der Waals surface area contributed by atoms with E-state index in [1.54, 1.807) is 35.0 Å². The lowest BCUT2D eigenvalue weighted by Crippen LogP contribution is -2.42. The third kappa shape index (κ3) is 5.37. The number of benzene rings is 1. The Morgan fingerprint density at radius 2 is 2.14 bits per heavy atom. The lowest BCUT2D eigenvalue weighted by molar-refractivity contribution is 0.0998. The number of nitrogens with one attached hydrogen (secondary N) is 1. The summed E-state index contributed by atoms with van der Waals surface area (Å²) in [6.07, 6.45) is 2.92. The lowest BCUT2D eigenvalue weighted by atomic mass is 10.0. The van der Waals surface area contributed by atoms with Gasteiger partial charge >= 0.3 is 0 Å². The number of amides is 1. The summed E-state index contributed by atoms with van der Waals surface area (Å²) in [6, 6.07) is 13.0. The standard InChI is InChI=1S/C26H26ClN5O3S/c1-15(18-6-4-16(8-19(18)27)11-31-26(2,3)14-33)35-21-9-22(36-24(21)25(29)34)20-12-30-23-7-5-17(10-28)13-32(20)23/h4-9,12-13,15,31,33H,11,14H2,1-3H3,(H2,29,34)/t15-/m1/s1. The van der Waals surface area contributed by atoms with E-state index in [0.717, 1.165) is 21.7 Å². The van der Waals surface area contributed by atoms with Crippen LogP contribution in [0.2, 0.25) is 5.02 Å². The van der Waals surface area contributed by atoms with Crippen molar-refractivity contribution in [2.24, 2.45) is 5.73 Å². The summed E-state index contributed by atoms with van der Waals surface area (Å²) < 4.78 is 7.97. The molecule has 10 heteroatoms. The van der Waals surface area contributed by atoms with Crippen molar-refractivity contribution in [2.75, 3.05) is 6.61 Å². The van der Waals surface area contributed by atoms with Gasteiger partial charge in [-0.05, 0) is 44.5 Å². The lowest BCUT2D eigenvalue weighted by Gasteiger charge is -2.24. The summed E-state index contributed by atoms with van der Waals surface area (Å²) in [5, 5.41) is 22.5.